The monoisotopic (exact) mass is 463 g/mol. The fourth-order valence-corrected chi connectivity index (χ4v) is 4.22. The second-order valence-corrected chi connectivity index (χ2v) is 8.85. The number of nitrogens with zero attached hydrogens (tertiary/aromatic N) is 3. The Bertz CT molecular complexity index is 1170. The van der Waals surface area contributed by atoms with Crippen LogP contribution in [0.25, 0.3) is 0 Å². The zero-order valence-electron chi connectivity index (χ0n) is 19.4. The van der Waals surface area contributed by atoms with E-state index >= 15 is 0 Å². The van der Waals surface area contributed by atoms with Crippen LogP contribution in [0.15, 0.2) is 60.3 Å². The van der Waals surface area contributed by atoms with E-state index in [4.69, 9.17) is 0 Å². The van der Waals surface area contributed by atoms with E-state index < -0.39 is 0 Å². The van der Waals surface area contributed by atoms with Gasteiger partial charge in [-0.2, -0.15) is 0 Å². The molecule has 33 heavy (non-hydrogen) atoms. The van der Waals surface area contributed by atoms with Crippen LogP contribution in [0, 0.1) is 20.8 Å². The summed E-state index contributed by atoms with van der Waals surface area (Å²) < 4.78 is 1.87. The molecule has 1 aromatic heterocycles. The molecule has 0 unspecified atom stereocenters. The molecule has 1 atom stereocenters. The van der Waals surface area contributed by atoms with Gasteiger partial charge in [-0.1, -0.05) is 53.7 Å². The molecule has 0 aliphatic rings. The van der Waals surface area contributed by atoms with Gasteiger partial charge in [-0.25, -0.2) is 0 Å². The first-order valence-electron chi connectivity index (χ1n) is 10.7. The number of aromatic nitrogens is 3. The summed E-state index contributed by atoms with van der Waals surface area (Å²) in [5.74, 6) is 0.500. The number of amides is 2. The Kier molecular flexibility index (Phi) is 8.06. The minimum Gasteiger partial charge on any atom is -0.342 e. The number of benzene rings is 2. The standard InChI is InChI=1S/C25H29N5O2S/c1-6-13-30-23(19(5)26-24(32)20-10-8-7-9-17(20)3)28-29-25(30)33-15-22(31)27-21-12-11-16(2)14-18(21)4/h6-12,14,19H,1,13,15H2,2-5H3,(H,26,32)(H,27,31)/t19-/m1/s1. The normalized spacial score (nSPS) is 11.6. The highest BCUT2D eigenvalue weighted by Gasteiger charge is 2.21. The summed E-state index contributed by atoms with van der Waals surface area (Å²) in [5.41, 5.74) is 4.49. The lowest BCUT2D eigenvalue weighted by atomic mass is 10.1. The molecule has 172 valence electrons. The zero-order valence-corrected chi connectivity index (χ0v) is 20.2. The van der Waals surface area contributed by atoms with Crippen molar-refractivity contribution in [1.82, 2.24) is 20.1 Å². The quantitative estimate of drug-likeness (QED) is 0.357. The van der Waals surface area contributed by atoms with Crippen molar-refractivity contribution in [3.63, 3.8) is 0 Å². The van der Waals surface area contributed by atoms with Crippen LogP contribution in [-0.4, -0.2) is 32.3 Å². The molecule has 2 amide bonds. The van der Waals surface area contributed by atoms with Crippen LogP contribution in [-0.2, 0) is 11.3 Å². The van der Waals surface area contributed by atoms with Gasteiger partial charge >= 0.3 is 0 Å². The zero-order chi connectivity index (χ0) is 24.0. The number of hydrogen-bond donors (Lipinski definition) is 2. The molecule has 0 saturated carbocycles. The first kappa shape index (κ1) is 24.3. The smallest absolute Gasteiger partial charge is 0.252 e. The van der Waals surface area contributed by atoms with E-state index in [0.717, 1.165) is 22.4 Å². The second kappa shape index (κ2) is 11.0. The molecule has 1 heterocycles. The maximum Gasteiger partial charge on any atom is 0.252 e. The molecular weight excluding hydrogens is 434 g/mol. The molecule has 3 rings (SSSR count). The molecule has 0 bridgehead atoms. The Labute approximate surface area is 198 Å². The van der Waals surface area contributed by atoms with Crippen LogP contribution in [0.1, 0.15) is 45.8 Å². The number of aryl methyl sites for hydroxylation is 3. The summed E-state index contributed by atoms with van der Waals surface area (Å²) in [6.07, 6.45) is 1.74. The minimum absolute atomic E-state index is 0.123. The Hall–Kier alpha value is -3.39. The molecule has 0 spiro atoms. The van der Waals surface area contributed by atoms with E-state index in [2.05, 4.69) is 27.4 Å². The lowest BCUT2D eigenvalue weighted by Gasteiger charge is -2.16. The van der Waals surface area contributed by atoms with Gasteiger partial charge in [0.05, 0.1) is 11.8 Å². The van der Waals surface area contributed by atoms with Crippen molar-refractivity contribution < 1.29 is 9.59 Å². The molecule has 0 aliphatic heterocycles. The number of anilines is 1. The third kappa shape index (κ3) is 6.10. The fourth-order valence-electron chi connectivity index (χ4n) is 3.46. The maximum absolute atomic E-state index is 12.7. The average Bonchev–Trinajstić information content (AvgIpc) is 3.17. The molecule has 2 N–H and O–H groups in total. The van der Waals surface area contributed by atoms with Crippen molar-refractivity contribution in [3.8, 4) is 0 Å². The summed E-state index contributed by atoms with van der Waals surface area (Å²) in [6, 6.07) is 13.0. The summed E-state index contributed by atoms with van der Waals surface area (Å²) in [5, 5.41) is 15.1. The number of thioether (sulfide) groups is 1. The third-order valence-corrected chi connectivity index (χ3v) is 6.14. The van der Waals surface area contributed by atoms with Crippen LogP contribution < -0.4 is 10.6 Å². The van der Waals surface area contributed by atoms with Gasteiger partial charge in [0.15, 0.2) is 11.0 Å². The number of allylic oxidation sites excluding steroid dienone is 1. The minimum atomic E-state index is -0.372. The number of carbonyl (C=O) groups is 2. The van der Waals surface area contributed by atoms with E-state index in [1.807, 2.05) is 68.7 Å². The van der Waals surface area contributed by atoms with Crippen molar-refractivity contribution in [2.75, 3.05) is 11.1 Å². The molecule has 2 aromatic carbocycles. The Morgan fingerprint density at radius 3 is 2.58 bits per heavy atom. The summed E-state index contributed by atoms with van der Waals surface area (Å²) in [4.78, 5) is 25.2. The Balaban J connectivity index is 1.68. The molecule has 0 fully saturated rings. The SMILES string of the molecule is C=CCn1c(SCC(=O)Nc2ccc(C)cc2C)nnc1[C@@H](C)NC(=O)c1ccccc1C. The predicted molar refractivity (Wildman–Crippen MR) is 133 cm³/mol. The highest BCUT2D eigenvalue weighted by Crippen LogP contribution is 2.22. The van der Waals surface area contributed by atoms with Crippen LogP contribution >= 0.6 is 11.8 Å². The van der Waals surface area contributed by atoms with E-state index in [1.54, 1.807) is 12.1 Å². The van der Waals surface area contributed by atoms with Crippen molar-refractivity contribution in [2.45, 2.75) is 45.4 Å². The lowest BCUT2D eigenvalue weighted by molar-refractivity contribution is -0.113. The van der Waals surface area contributed by atoms with Gasteiger partial charge in [0, 0.05) is 17.8 Å². The molecule has 0 aliphatic carbocycles. The summed E-state index contributed by atoms with van der Waals surface area (Å²) >= 11 is 1.30. The second-order valence-electron chi connectivity index (χ2n) is 7.91. The predicted octanol–water partition coefficient (Wildman–Crippen LogP) is 4.61. The Morgan fingerprint density at radius 1 is 1.12 bits per heavy atom. The third-order valence-electron chi connectivity index (χ3n) is 5.17. The number of nitrogens with one attached hydrogen (secondary N) is 2. The van der Waals surface area contributed by atoms with Gasteiger partial charge in [-0.05, 0) is 51.0 Å². The number of carbonyl (C=O) groups excluding carboxylic acids is 2. The lowest BCUT2D eigenvalue weighted by Crippen LogP contribution is -2.29. The molecular formula is C25H29N5O2S. The van der Waals surface area contributed by atoms with Crippen LogP contribution in [0.2, 0.25) is 0 Å². The highest BCUT2D eigenvalue weighted by molar-refractivity contribution is 7.99. The maximum atomic E-state index is 12.7. The van der Waals surface area contributed by atoms with E-state index in [1.165, 1.54) is 11.8 Å². The van der Waals surface area contributed by atoms with Gasteiger partial charge in [-0.3, -0.25) is 9.59 Å². The molecule has 0 saturated heterocycles. The Morgan fingerprint density at radius 2 is 1.88 bits per heavy atom. The van der Waals surface area contributed by atoms with Crippen LogP contribution in [0.5, 0.6) is 0 Å². The van der Waals surface area contributed by atoms with Crippen molar-refractivity contribution in [2.24, 2.45) is 0 Å². The molecule has 7 nitrogen and oxygen atoms in total. The van der Waals surface area contributed by atoms with E-state index in [-0.39, 0.29) is 23.6 Å². The largest absolute Gasteiger partial charge is 0.342 e. The van der Waals surface area contributed by atoms with Gasteiger partial charge in [-0.15, -0.1) is 16.8 Å². The molecule has 8 heteroatoms. The van der Waals surface area contributed by atoms with Crippen molar-refractivity contribution in [3.05, 3.63) is 83.2 Å². The van der Waals surface area contributed by atoms with Crippen molar-refractivity contribution >= 4 is 29.3 Å². The van der Waals surface area contributed by atoms with Crippen LogP contribution in [0.4, 0.5) is 5.69 Å². The van der Waals surface area contributed by atoms with Gasteiger partial charge < -0.3 is 15.2 Å². The van der Waals surface area contributed by atoms with E-state index in [0.29, 0.717) is 23.1 Å². The topological polar surface area (TPSA) is 88.9 Å². The van der Waals surface area contributed by atoms with E-state index in [9.17, 15) is 9.59 Å². The number of rotatable bonds is 9. The van der Waals surface area contributed by atoms with Gasteiger partial charge in [0.25, 0.3) is 5.91 Å². The molecule has 3 aromatic rings. The molecule has 0 radical (unpaired) electrons. The van der Waals surface area contributed by atoms with Gasteiger partial charge in [0.1, 0.15) is 0 Å². The first-order chi connectivity index (χ1) is 15.8. The number of hydrogen-bond acceptors (Lipinski definition) is 5. The fraction of sp³-hybridized carbons (Fsp3) is 0.280. The first-order valence-corrected chi connectivity index (χ1v) is 11.7. The summed E-state index contributed by atoms with van der Waals surface area (Å²) in [6.45, 7) is 12.0. The van der Waals surface area contributed by atoms with Crippen LogP contribution in [0.3, 0.4) is 0 Å². The van der Waals surface area contributed by atoms with Crippen molar-refractivity contribution in [1.29, 1.82) is 0 Å². The highest BCUT2D eigenvalue weighted by atomic mass is 32.2. The summed E-state index contributed by atoms with van der Waals surface area (Å²) in [7, 11) is 0. The van der Waals surface area contributed by atoms with Gasteiger partial charge in [0.2, 0.25) is 5.91 Å². The average molecular weight is 464 g/mol.